The van der Waals surface area contributed by atoms with Crippen molar-refractivity contribution in [3.63, 3.8) is 0 Å². The third kappa shape index (κ3) is 3.60. The van der Waals surface area contributed by atoms with Crippen LogP contribution in [0.5, 0.6) is 0 Å². The number of hydrogen-bond donors (Lipinski definition) is 0. The van der Waals surface area contributed by atoms with Crippen molar-refractivity contribution in [3.8, 4) is 0 Å². The first-order valence-corrected chi connectivity index (χ1v) is 7.88. The molecule has 9 heteroatoms. The van der Waals surface area contributed by atoms with Gasteiger partial charge in [-0.15, -0.1) is 0 Å². The fourth-order valence-corrected chi connectivity index (χ4v) is 3.12. The molecule has 0 amide bonds. The minimum Gasteiger partial charge on any atom is -0.459 e. The molecular formula is C13H15NO7S. The summed E-state index contributed by atoms with van der Waals surface area (Å²) >= 11 is 0. The van der Waals surface area contributed by atoms with E-state index in [4.69, 9.17) is 8.92 Å². The van der Waals surface area contributed by atoms with Gasteiger partial charge in [0.15, 0.2) is 0 Å². The summed E-state index contributed by atoms with van der Waals surface area (Å²) in [7, 11) is -4.08. The number of ether oxygens (including phenoxy) is 1. The molecule has 0 spiro atoms. The third-order valence-electron chi connectivity index (χ3n) is 3.21. The van der Waals surface area contributed by atoms with E-state index in [-0.39, 0.29) is 17.2 Å². The summed E-state index contributed by atoms with van der Waals surface area (Å²) in [5.74, 6) is -1.15. The molecule has 22 heavy (non-hydrogen) atoms. The molecule has 8 nitrogen and oxygen atoms in total. The molecule has 1 atom stereocenters. The van der Waals surface area contributed by atoms with Crippen LogP contribution >= 0.6 is 0 Å². The highest BCUT2D eigenvalue weighted by Gasteiger charge is 2.40. The van der Waals surface area contributed by atoms with Gasteiger partial charge in [0.2, 0.25) is 0 Å². The summed E-state index contributed by atoms with van der Waals surface area (Å²) < 4.78 is 33.9. The van der Waals surface area contributed by atoms with Crippen LogP contribution in [0, 0.1) is 16.0 Å². The van der Waals surface area contributed by atoms with E-state index in [1.807, 2.05) is 0 Å². The summed E-state index contributed by atoms with van der Waals surface area (Å²) in [6.45, 7) is 3.15. The van der Waals surface area contributed by atoms with Crippen LogP contribution in [0.25, 0.3) is 0 Å². The minimum absolute atomic E-state index is 0.205. The topological polar surface area (TPSA) is 113 Å². The first-order valence-electron chi connectivity index (χ1n) is 6.47. The van der Waals surface area contributed by atoms with Crippen molar-refractivity contribution in [2.24, 2.45) is 5.92 Å². The molecule has 1 aromatic carbocycles. The Morgan fingerprint density at radius 2 is 1.95 bits per heavy atom. The lowest BCUT2D eigenvalue weighted by Gasteiger charge is -2.14. The number of carbonyl (C=O) groups is 1. The smallest absolute Gasteiger partial charge is 0.312 e. The second kappa shape index (κ2) is 5.65. The monoisotopic (exact) mass is 329 g/mol. The Bertz CT molecular complexity index is 694. The molecule has 0 radical (unpaired) electrons. The van der Waals surface area contributed by atoms with Gasteiger partial charge in [0.05, 0.1) is 22.3 Å². The number of esters is 1. The first-order chi connectivity index (χ1) is 10.1. The van der Waals surface area contributed by atoms with Crippen LogP contribution in [-0.2, 0) is 23.8 Å². The number of benzene rings is 1. The second-order valence-electron chi connectivity index (χ2n) is 5.57. The highest BCUT2D eigenvalue weighted by Crippen LogP contribution is 2.31. The maximum atomic E-state index is 12.0. The van der Waals surface area contributed by atoms with Gasteiger partial charge in [-0.3, -0.25) is 19.1 Å². The lowest BCUT2D eigenvalue weighted by molar-refractivity contribution is -0.384. The SMILES string of the molecule is CC1(C)CC(COS(=O)(=O)c2ccc([N+](=O)[O-])cc2)C(=O)O1. The molecule has 1 aliphatic rings. The highest BCUT2D eigenvalue weighted by molar-refractivity contribution is 7.86. The zero-order valence-corrected chi connectivity index (χ0v) is 12.8. The number of cyclic esters (lactones) is 1. The summed E-state index contributed by atoms with van der Waals surface area (Å²) in [5.41, 5.74) is -0.859. The lowest BCUT2D eigenvalue weighted by Crippen LogP contribution is -2.19. The van der Waals surface area contributed by atoms with Gasteiger partial charge in [-0.2, -0.15) is 8.42 Å². The van der Waals surface area contributed by atoms with E-state index in [0.29, 0.717) is 6.42 Å². The molecule has 1 saturated heterocycles. The molecular weight excluding hydrogens is 314 g/mol. The number of carbonyl (C=O) groups excluding carboxylic acids is 1. The molecule has 1 aromatic rings. The van der Waals surface area contributed by atoms with Crippen molar-refractivity contribution in [2.45, 2.75) is 30.8 Å². The van der Waals surface area contributed by atoms with E-state index in [2.05, 4.69) is 0 Å². The minimum atomic E-state index is -4.08. The first kappa shape index (κ1) is 16.4. The number of nitro benzene ring substituents is 1. The lowest BCUT2D eigenvalue weighted by atomic mass is 9.98. The zero-order valence-electron chi connectivity index (χ0n) is 12.0. The van der Waals surface area contributed by atoms with E-state index >= 15 is 0 Å². The summed E-state index contributed by atoms with van der Waals surface area (Å²) in [4.78, 5) is 21.3. The molecule has 0 bridgehead atoms. The maximum absolute atomic E-state index is 12.0. The van der Waals surface area contributed by atoms with Crippen LogP contribution in [0.4, 0.5) is 5.69 Å². The normalized spacial score (nSPS) is 20.6. The number of rotatable bonds is 5. The van der Waals surface area contributed by atoms with Gasteiger partial charge in [0.1, 0.15) is 5.60 Å². The quantitative estimate of drug-likeness (QED) is 0.349. The fourth-order valence-electron chi connectivity index (χ4n) is 2.18. The molecule has 0 saturated carbocycles. The molecule has 2 rings (SSSR count). The van der Waals surface area contributed by atoms with Gasteiger partial charge in [-0.05, 0) is 26.0 Å². The van der Waals surface area contributed by atoms with Crippen LogP contribution in [0.2, 0.25) is 0 Å². The van der Waals surface area contributed by atoms with Crippen molar-refractivity contribution in [1.82, 2.24) is 0 Å². The van der Waals surface area contributed by atoms with Crippen molar-refractivity contribution in [2.75, 3.05) is 6.61 Å². The summed E-state index contributed by atoms with van der Waals surface area (Å²) in [6.07, 6.45) is 0.363. The molecule has 0 aromatic heterocycles. The van der Waals surface area contributed by atoms with Gasteiger partial charge in [-0.25, -0.2) is 0 Å². The van der Waals surface area contributed by atoms with Crippen LogP contribution < -0.4 is 0 Å². The molecule has 1 fully saturated rings. The number of nitrogens with zero attached hydrogens (tertiary/aromatic N) is 1. The van der Waals surface area contributed by atoms with Crippen LogP contribution in [-0.4, -0.2) is 31.5 Å². The van der Waals surface area contributed by atoms with Crippen molar-refractivity contribution >= 4 is 21.8 Å². The molecule has 1 aliphatic heterocycles. The van der Waals surface area contributed by atoms with E-state index in [1.165, 1.54) is 0 Å². The zero-order chi connectivity index (χ0) is 16.5. The molecule has 0 aliphatic carbocycles. The fraction of sp³-hybridized carbons (Fsp3) is 0.462. The summed E-state index contributed by atoms with van der Waals surface area (Å²) in [5, 5.41) is 10.5. The predicted octanol–water partition coefficient (Wildman–Crippen LogP) is 1.64. The second-order valence-corrected chi connectivity index (χ2v) is 7.19. The third-order valence-corrected chi connectivity index (χ3v) is 4.50. The van der Waals surface area contributed by atoms with Crippen LogP contribution in [0.3, 0.4) is 0 Å². The standard InChI is InChI=1S/C13H15NO7S/c1-13(2)7-9(12(15)21-13)8-20-22(18,19)11-5-3-10(4-6-11)14(16)17/h3-6,9H,7-8H2,1-2H3. The van der Waals surface area contributed by atoms with E-state index in [9.17, 15) is 23.3 Å². The predicted molar refractivity (Wildman–Crippen MR) is 74.5 cm³/mol. The Hall–Kier alpha value is -2.00. The van der Waals surface area contributed by atoms with Gasteiger partial charge < -0.3 is 4.74 Å². The Labute approximate surface area is 127 Å². The highest BCUT2D eigenvalue weighted by atomic mass is 32.2. The molecule has 120 valence electrons. The average molecular weight is 329 g/mol. The van der Waals surface area contributed by atoms with Gasteiger partial charge in [0.25, 0.3) is 15.8 Å². The largest absolute Gasteiger partial charge is 0.459 e. The Morgan fingerprint density at radius 3 is 2.41 bits per heavy atom. The summed E-state index contributed by atoms with van der Waals surface area (Å²) in [6, 6.07) is 4.32. The average Bonchev–Trinajstić information content (AvgIpc) is 2.69. The van der Waals surface area contributed by atoms with E-state index in [0.717, 1.165) is 24.3 Å². The van der Waals surface area contributed by atoms with Crippen LogP contribution in [0.15, 0.2) is 29.2 Å². The molecule has 0 N–H and O–H groups in total. The van der Waals surface area contributed by atoms with Gasteiger partial charge in [0, 0.05) is 18.6 Å². The van der Waals surface area contributed by atoms with Crippen molar-refractivity contribution in [1.29, 1.82) is 0 Å². The van der Waals surface area contributed by atoms with Crippen LogP contribution in [0.1, 0.15) is 20.3 Å². The van der Waals surface area contributed by atoms with Crippen molar-refractivity contribution in [3.05, 3.63) is 34.4 Å². The maximum Gasteiger partial charge on any atom is 0.312 e. The van der Waals surface area contributed by atoms with Crippen molar-refractivity contribution < 1.29 is 27.1 Å². The Balaban J connectivity index is 2.05. The number of nitro groups is 1. The number of hydrogen-bond acceptors (Lipinski definition) is 7. The Morgan fingerprint density at radius 1 is 1.36 bits per heavy atom. The molecule has 1 heterocycles. The van der Waals surface area contributed by atoms with E-state index in [1.54, 1.807) is 13.8 Å². The molecule has 1 unspecified atom stereocenters. The Kier molecular flexibility index (Phi) is 4.21. The van der Waals surface area contributed by atoms with Gasteiger partial charge in [-0.1, -0.05) is 0 Å². The van der Waals surface area contributed by atoms with E-state index < -0.39 is 32.5 Å². The number of non-ortho nitro benzene ring substituents is 1. The van der Waals surface area contributed by atoms with Gasteiger partial charge >= 0.3 is 5.97 Å².